The van der Waals surface area contributed by atoms with E-state index < -0.39 is 0 Å². The van der Waals surface area contributed by atoms with E-state index in [1.54, 1.807) is 6.20 Å². The summed E-state index contributed by atoms with van der Waals surface area (Å²) < 4.78 is 0. The molecule has 1 radical (unpaired) electrons. The Bertz CT molecular complexity index is 494. The predicted octanol–water partition coefficient (Wildman–Crippen LogP) is 3.64. The molecule has 0 bridgehead atoms. The Labute approximate surface area is 139 Å². The van der Waals surface area contributed by atoms with Crippen LogP contribution in [0.1, 0.15) is 0 Å². The molecule has 0 atom stereocenters. The Kier molecular flexibility index (Phi) is 11.6. The zero-order valence-corrected chi connectivity index (χ0v) is 13.6. The number of benzene rings is 2. The average molecular weight is 452 g/mol. The van der Waals surface area contributed by atoms with Crippen molar-refractivity contribution in [3.05, 3.63) is 91.1 Å². The summed E-state index contributed by atoms with van der Waals surface area (Å²) in [7, 11) is 0. The Balaban J connectivity index is 0.000000379. The minimum atomic E-state index is 0. The van der Waals surface area contributed by atoms with Crippen LogP contribution in [-0.2, 0) is 24.9 Å². The van der Waals surface area contributed by atoms with Gasteiger partial charge in [0.15, 0.2) is 0 Å². The fraction of sp³-hybridized carbons (Fsp3) is 0. The molecule has 0 aliphatic carbocycles. The number of hydrogen-bond donors (Lipinski definition) is 0. The van der Waals surface area contributed by atoms with Crippen molar-refractivity contribution in [1.82, 2.24) is 4.98 Å². The molecule has 2 nitrogen and oxygen atoms in total. The van der Waals surface area contributed by atoms with Crippen molar-refractivity contribution >= 4 is 6.79 Å². The molecular formula is C18H13IrNO. The quantitative estimate of drug-likeness (QED) is 0.529. The first kappa shape index (κ1) is 18.9. The molecule has 3 heteroatoms. The van der Waals surface area contributed by atoms with Gasteiger partial charge < -0.3 is 16.6 Å². The fourth-order valence-electron chi connectivity index (χ4n) is 1.42. The van der Waals surface area contributed by atoms with Crippen molar-refractivity contribution in [3.8, 4) is 11.3 Å². The van der Waals surface area contributed by atoms with E-state index in [-0.39, 0.29) is 20.1 Å². The molecule has 0 amide bonds. The number of nitrogens with zero attached hydrogens (tertiary/aromatic N) is 1. The number of carbonyl (C=O) groups excluding carboxylic acids is 1. The largest absolute Gasteiger partial charge is 3.00 e. The zero-order valence-electron chi connectivity index (χ0n) is 11.2. The molecular weight excluding hydrogens is 438 g/mol. The number of hydrogen-bond acceptors (Lipinski definition) is 2. The maximum atomic E-state index is 7.50. The van der Waals surface area contributed by atoms with Gasteiger partial charge in [0.2, 0.25) is 0 Å². The van der Waals surface area contributed by atoms with E-state index in [2.05, 4.69) is 23.9 Å². The number of aromatic nitrogens is 1. The standard InChI is InChI=1S/C11H8N.C6H5.CO.Ir/c1-2-6-10(7-3-1)11-8-4-5-9-12-11;1-2-4-6-5-3-1;1-2;/h1-6,8-9H;1-5H;;/q3*-1;+3. The third-order valence-corrected chi connectivity index (χ3v) is 2.26. The predicted molar refractivity (Wildman–Crippen MR) is 79.5 cm³/mol. The molecule has 1 aromatic heterocycles. The molecule has 0 aliphatic rings. The van der Waals surface area contributed by atoms with Crippen LogP contribution in [0.5, 0.6) is 0 Å². The van der Waals surface area contributed by atoms with Crippen molar-refractivity contribution in [2.24, 2.45) is 0 Å². The topological polar surface area (TPSA) is 30.0 Å². The average Bonchev–Trinajstić information content (AvgIpc) is 2.60. The van der Waals surface area contributed by atoms with E-state index in [4.69, 9.17) is 4.79 Å². The van der Waals surface area contributed by atoms with Crippen LogP contribution in [0.25, 0.3) is 11.3 Å². The second-order valence-electron chi connectivity index (χ2n) is 3.57. The first-order chi connectivity index (χ1) is 9.97. The monoisotopic (exact) mass is 452 g/mol. The van der Waals surface area contributed by atoms with Gasteiger partial charge in [0.1, 0.15) is 0 Å². The minimum absolute atomic E-state index is 0. The zero-order chi connectivity index (χ0) is 14.5. The van der Waals surface area contributed by atoms with Crippen LogP contribution < -0.4 is 0 Å². The van der Waals surface area contributed by atoms with Crippen LogP contribution in [0.15, 0.2) is 79.0 Å². The molecule has 21 heavy (non-hydrogen) atoms. The van der Waals surface area contributed by atoms with Crippen LogP contribution in [0.3, 0.4) is 0 Å². The van der Waals surface area contributed by atoms with E-state index in [1.165, 1.54) is 0 Å². The van der Waals surface area contributed by atoms with Gasteiger partial charge in [0.25, 0.3) is 0 Å². The first-order valence-electron chi connectivity index (χ1n) is 5.96. The smallest absolute Gasteiger partial charge is 0.573 e. The van der Waals surface area contributed by atoms with Gasteiger partial charge in [-0.1, -0.05) is 12.1 Å². The SMILES string of the molecule is [C-]=O.[Ir+3].[c-]1ccccc1.[c-]1ccccc1-c1ccccn1. The number of pyridine rings is 1. The summed E-state index contributed by atoms with van der Waals surface area (Å²) in [4.78, 5) is 11.7. The Hall–Kier alpha value is -2.09. The second kappa shape index (κ2) is 12.9. The number of rotatable bonds is 1. The van der Waals surface area contributed by atoms with Gasteiger partial charge in [-0.15, -0.1) is 35.9 Å². The molecule has 0 unspecified atom stereocenters. The van der Waals surface area contributed by atoms with Crippen LogP contribution >= 0.6 is 0 Å². The third kappa shape index (κ3) is 7.93. The van der Waals surface area contributed by atoms with E-state index in [9.17, 15) is 0 Å². The summed E-state index contributed by atoms with van der Waals surface area (Å²) in [6.07, 6.45) is 1.79. The van der Waals surface area contributed by atoms with Crippen molar-refractivity contribution in [1.29, 1.82) is 0 Å². The molecule has 2 aromatic carbocycles. The fourth-order valence-corrected chi connectivity index (χ4v) is 1.42. The molecule has 3 aromatic rings. The van der Waals surface area contributed by atoms with Crippen LogP contribution in [0, 0.1) is 12.1 Å². The molecule has 0 fully saturated rings. The Morgan fingerprint density at radius 3 is 1.90 bits per heavy atom. The van der Waals surface area contributed by atoms with Crippen molar-refractivity contribution in [2.75, 3.05) is 0 Å². The van der Waals surface area contributed by atoms with Crippen LogP contribution in [0.2, 0.25) is 0 Å². The van der Waals surface area contributed by atoms with E-state index in [1.807, 2.05) is 72.8 Å². The molecule has 3 rings (SSSR count). The Morgan fingerprint density at radius 1 is 0.810 bits per heavy atom. The second-order valence-corrected chi connectivity index (χ2v) is 3.57. The maximum Gasteiger partial charge on any atom is 3.00 e. The van der Waals surface area contributed by atoms with Gasteiger partial charge in [-0.3, -0.25) is 0 Å². The summed E-state index contributed by atoms with van der Waals surface area (Å²) in [6, 6.07) is 29.3. The van der Waals surface area contributed by atoms with Gasteiger partial charge in [0, 0.05) is 6.20 Å². The van der Waals surface area contributed by atoms with Gasteiger partial charge in [-0.05, 0) is 11.8 Å². The summed E-state index contributed by atoms with van der Waals surface area (Å²) in [6.45, 7) is 4.50. The molecule has 0 aliphatic heterocycles. The van der Waals surface area contributed by atoms with Crippen molar-refractivity contribution in [3.63, 3.8) is 0 Å². The third-order valence-electron chi connectivity index (χ3n) is 2.26. The molecule has 105 valence electrons. The van der Waals surface area contributed by atoms with Crippen LogP contribution in [-0.4, -0.2) is 11.8 Å². The summed E-state index contributed by atoms with van der Waals surface area (Å²) >= 11 is 0. The minimum Gasteiger partial charge on any atom is -0.573 e. The summed E-state index contributed by atoms with van der Waals surface area (Å²) in [5, 5.41) is 0. The molecule has 0 N–H and O–H groups in total. The van der Waals surface area contributed by atoms with Gasteiger partial charge in [-0.2, -0.15) is 36.4 Å². The normalized spacial score (nSPS) is 8.00. The van der Waals surface area contributed by atoms with Gasteiger partial charge >= 0.3 is 20.1 Å². The molecule has 1 heterocycles. The first-order valence-corrected chi connectivity index (χ1v) is 5.96. The summed E-state index contributed by atoms with van der Waals surface area (Å²) in [5.74, 6) is 0. The van der Waals surface area contributed by atoms with Crippen LogP contribution in [0.4, 0.5) is 0 Å². The van der Waals surface area contributed by atoms with Crippen molar-refractivity contribution in [2.45, 2.75) is 0 Å². The Morgan fingerprint density at radius 2 is 1.48 bits per heavy atom. The van der Waals surface area contributed by atoms with Crippen molar-refractivity contribution < 1.29 is 24.9 Å². The molecule has 0 saturated heterocycles. The molecule has 0 saturated carbocycles. The van der Waals surface area contributed by atoms with E-state index in [0.29, 0.717) is 0 Å². The maximum absolute atomic E-state index is 7.50. The molecule has 0 spiro atoms. The van der Waals surface area contributed by atoms with Gasteiger partial charge in [0.05, 0.1) is 0 Å². The van der Waals surface area contributed by atoms with E-state index >= 15 is 0 Å². The summed E-state index contributed by atoms with van der Waals surface area (Å²) in [5.41, 5.74) is 2.01. The van der Waals surface area contributed by atoms with E-state index in [0.717, 1.165) is 11.3 Å². The van der Waals surface area contributed by atoms with Gasteiger partial charge in [-0.25, -0.2) is 0 Å².